The first-order valence-electron chi connectivity index (χ1n) is 23.6. The Balaban J connectivity index is 0.000000211. The first-order chi connectivity index (χ1) is 34.8. The zero-order valence-corrected chi connectivity index (χ0v) is 44.3. The van der Waals surface area contributed by atoms with Gasteiger partial charge in [-0.3, -0.25) is 18.7 Å². The molecule has 0 saturated heterocycles. The maximum atomic E-state index is 13.6. The lowest BCUT2D eigenvalue weighted by Crippen LogP contribution is -2.38. The van der Waals surface area contributed by atoms with E-state index in [9.17, 15) is 9.59 Å². The van der Waals surface area contributed by atoms with Crippen molar-refractivity contribution in [3.05, 3.63) is 149 Å². The predicted molar refractivity (Wildman–Crippen MR) is 291 cm³/mol. The van der Waals surface area contributed by atoms with E-state index in [-0.39, 0.29) is 30.4 Å². The molecule has 2 heterocycles. The van der Waals surface area contributed by atoms with E-state index in [1.807, 2.05) is 113 Å². The summed E-state index contributed by atoms with van der Waals surface area (Å²) in [6, 6.07) is 26.3. The second-order valence-electron chi connectivity index (χ2n) is 17.5. The van der Waals surface area contributed by atoms with E-state index < -0.39 is 0 Å². The standard InChI is InChI=1S/C28H26Cl2N4OS.C27H26Cl2N6O/c1-19-26(28(35)33(2)22-8-4-3-5-9-22)32-27(24-15-12-21(29)17-25(24)30)34(19)23-13-10-20(11-14-23)7-6-16-36-18-31;1-18-25(27(36)34(2)21-8-4-3-5-9-21)32-26(23-15-12-20(28)17-24(23)29)35(18)22-13-10-19(11-14-22)7-6-16-31-33-30/h10-15,17,22H,3-5,8-9,16H2,1-2H3;10-15,17,21H,3-5,8-9,16H2,1-2H3. The van der Waals surface area contributed by atoms with E-state index in [2.05, 4.69) is 33.7 Å². The summed E-state index contributed by atoms with van der Waals surface area (Å²) in [6.45, 7) is 3.92. The van der Waals surface area contributed by atoms with Crippen LogP contribution in [0.3, 0.4) is 0 Å². The van der Waals surface area contributed by atoms with Crippen LogP contribution in [0.5, 0.6) is 0 Å². The van der Waals surface area contributed by atoms with Crippen molar-refractivity contribution in [2.24, 2.45) is 5.11 Å². The Hall–Kier alpha value is -6.33. The van der Waals surface area contributed by atoms with Crippen LogP contribution < -0.4 is 0 Å². The van der Waals surface area contributed by atoms with Crippen LogP contribution >= 0.6 is 58.2 Å². The van der Waals surface area contributed by atoms with Crippen molar-refractivity contribution in [2.45, 2.75) is 90.1 Å². The van der Waals surface area contributed by atoms with E-state index in [1.54, 1.807) is 24.3 Å². The Morgan fingerprint density at radius 2 is 1.10 bits per heavy atom. The Bertz CT molecular complexity index is 3160. The molecule has 2 aliphatic rings. The normalized spacial score (nSPS) is 13.5. The van der Waals surface area contributed by atoms with Gasteiger partial charge < -0.3 is 9.80 Å². The molecular weight excluding hydrogens is 1010 g/mol. The van der Waals surface area contributed by atoms with Crippen molar-refractivity contribution in [2.75, 3.05) is 26.4 Å². The summed E-state index contributed by atoms with van der Waals surface area (Å²) < 4.78 is 3.90. The third kappa shape index (κ3) is 12.8. The molecule has 0 aliphatic heterocycles. The summed E-state index contributed by atoms with van der Waals surface area (Å²) >= 11 is 26.6. The van der Waals surface area contributed by atoms with Gasteiger partial charge in [-0.1, -0.05) is 114 Å². The molecule has 2 aromatic heterocycles. The lowest BCUT2D eigenvalue weighted by atomic mass is 9.94. The molecule has 6 aromatic rings. The number of nitrogens with zero attached hydrogens (tertiary/aromatic N) is 10. The maximum Gasteiger partial charge on any atom is 0.274 e. The summed E-state index contributed by atoms with van der Waals surface area (Å²) in [7, 11) is 3.75. The number of azide groups is 1. The van der Waals surface area contributed by atoms with Gasteiger partial charge >= 0.3 is 0 Å². The monoisotopic (exact) mass is 1060 g/mol. The predicted octanol–water partition coefficient (Wildman–Crippen LogP) is 14.3. The van der Waals surface area contributed by atoms with Gasteiger partial charge in [-0.25, -0.2) is 9.97 Å². The van der Waals surface area contributed by atoms with Crippen molar-refractivity contribution < 1.29 is 9.59 Å². The highest BCUT2D eigenvalue weighted by Crippen LogP contribution is 2.36. The van der Waals surface area contributed by atoms with Crippen LogP contribution in [0.1, 0.15) is 108 Å². The van der Waals surface area contributed by atoms with E-state index >= 15 is 0 Å². The SMILES string of the molecule is Cc1c(C(=O)N(C)C2CCCCC2)nc(-c2ccc(Cl)cc2Cl)n1-c1ccc(C#CCN=[N+]=[N-])cc1.Cc1c(C(=O)N(C)C2CCCCC2)nc(-c2ccc(Cl)cc2Cl)n1-c1ccc(C#CCSC#N)cc1. The molecule has 2 saturated carbocycles. The minimum absolute atomic E-state index is 0.0815. The molecule has 0 radical (unpaired) electrons. The van der Waals surface area contributed by atoms with Crippen LogP contribution in [0.4, 0.5) is 0 Å². The topological polar surface area (TPSA) is 149 Å². The first kappa shape index (κ1) is 53.5. The Labute approximate surface area is 445 Å². The highest BCUT2D eigenvalue weighted by molar-refractivity contribution is 8.03. The molecule has 0 spiro atoms. The van der Waals surface area contributed by atoms with Crippen molar-refractivity contribution in [1.29, 1.82) is 5.26 Å². The number of imidazole rings is 2. The summed E-state index contributed by atoms with van der Waals surface area (Å²) in [5.74, 6) is 13.3. The molecule has 0 unspecified atom stereocenters. The molecule has 4 aromatic carbocycles. The Kier molecular flexibility index (Phi) is 18.8. The van der Waals surface area contributed by atoms with Gasteiger partial charge in [0.15, 0.2) is 0 Å². The second kappa shape index (κ2) is 25.4. The maximum absolute atomic E-state index is 13.6. The number of hydrogen-bond donors (Lipinski definition) is 0. The average molecular weight is 1060 g/mol. The Morgan fingerprint density at radius 3 is 1.49 bits per heavy atom. The van der Waals surface area contributed by atoms with E-state index in [4.69, 9.17) is 67.2 Å². The van der Waals surface area contributed by atoms with E-state index in [0.717, 1.165) is 97.0 Å². The number of carbonyl (C=O) groups is 2. The molecule has 12 nitrogen and oxygen atoms in total. The van der Waals surface area contributed by atoms with Crippen LogP contribution in [0.15, 0.2) is 90.0 Å². The van der Waals surface area contributed by atoms with E-state index in [0.29, 0.717) is 60.0 Å². The molecular formula is C55H52Cl4N10O2S. The van der Waals surface area contributed by atoms with Gasteiger partial charge in [0, 0.05) is 74.8 Å². The van der Waals surface area contributed by atoms with Gasteiger partial charge in [0.05, 0.1) is 33.7 Å². The molecule has 2 amide bonds. The van der Waals surface area contributed by atoms with Crippen LogP contribution in [0.2, 0.25) is 20.1 Å². The zero-order valence-electron chi connectivity index (χ0n) is 40.4. The number of thiocyanates is 1. The molecule has 72 heavy (non-hydrogen) atoms. The highest BCUT2D eigenvalue weighted by Gasteiger charge is 2.31. The van der Waals surface area contributed by atoms with Crippen molar-refractivity contribution in [3.8, 4) is 63.2 Å². The number of benzene rings is 4. The van der Waals surface area contributed by atoms with Crippen LogP contribution in [-0.2, 0) is 0 Å². The summed E-state index contributed by atoms with van der Waals surface area (Å²) in [5.41, 5.74) is 15.4. The first-order valence-corrected chi connectivity index (χ1v) is 26.1. The van der Waals surface area contributed by atoms with Crippen molar-refractivity contribution in [3.63, 3.8) is 0 Å². The van der Waals surface area contributed by atoms with Gasteiger partial charge in [-0.15, -0.1) is 0 Å². The minimum Gasteiger partial charge on any atom is -0.337 e. The van der Waals surface area contributed by atoms with Gasteiger partial charge in [0.2, 0.25) is 0 Å². The molecule has 2 fully saturated rings. The highest BCUT2D eigenvalue weighted by atomic mass is 35.5. The number of carbonyl (C=O) groups excluding carboxylic acids is 2. The molecule has 368 valence electrons. The van der Waals surface area contributed by atoms with Crippen LogP contribution in [0, 0.1) is 48.2 Å². The zero-order chi connectivity index (χ0) is 51.3. The number of hydrogen-bond acceptors (Lipinski definition) is 7. The third-order valence-electron chi connectivity index (χ3n) is 13.0. The van der Waals surface area contributed by atoms with E-state index in [1.165, 1.54) is 12.8 Å². The minimum atomic E-state index is -0.0926. The molecule has 2 aliphatic carbocycles. The number of aromatic nitrogens is 4. The number of halogens is 4. The van der Waals surface area contributed by atoms with Gasteiger partial charge in [-0.05, 0) is 142 Å². The van der Waals surface area contributed by atoms with Crippen molar-refractivity contribution in [1.82, 2.24) is 28.9 Å². The Morgan fingerprint density at radius 1 is 0.681 bits per heavy atom. The summed E-state index contributed by atoms with van der Waals surface area (Å²) in [6.07, 6.45) is 11.1. The van der Waals surface area contributed by atoms with Crippen LogP contribution in [0.25, 0.3) is 44.6 Å². The average Bonchev–Trinajstić information content (AvgIpc) is 3.92. The van der Waals surface area contributed by atoms with Crippen LogP contribution in [-0.4, -0.2) is 79.2 Å². The summed E-state index contributed by atoms with van der Waals surface area (Å²) in [5, 5.41) is 16.1. The number of thioether (sulfide) groups is 1. The van der Waals surface area contributed by atoms with Gasteiger partial charge in [0.25, 0.3) is 11.8 Å². The third-order valence-corrected chi connectivity index (χ3v) is 14.5. The fraction of sp³-hybridized carbons (Fsp3) is 0.327. The molecule has 0 N–H and O–H groups in total. The largest absolute Gasteiger partial charge is 0.337 e. The van der Waals surface area contributed by atoms with Crippen molar-refractivity contribution >= 4 is 70.0 Å². The van der Waals surface area contributed by atoms with Gasteiger partial charge in [-0.2, -0.15) is 5.26 Å². The lowest BCUT2D eigenvalue weighted by Gasteiger charge is -2.30. The molecule has 0 bridgehead atoms. The molecule has 8 rings (SSSR count). The number of rotatable bonds is 10. The smallest absolute Gasteiger partial charge is 0.274 e. The lowest BCUT2D eigenvalue weighted by molar-refractivity contribution is 0.0682. The number of nitriles is 1. The second-order valence-corrected chi connectivity index (χ2v) is 20.0. The molecule has 0 atom stereocenters. The number of amides is 2. The fourth-order valence-corrected chi connectivity index (χ4v) is 10.3. The molecule has 17 heteroatoms. The fourth-order valence-electron chi connectivity index (χ4n) is 9.15. The quantitative estimate of drug-likeness (QED) is 0.0333. The van der Waals surface area contributed by atoms with Gasteiger partial charge in [0.1, 0.15) is 28.4 Å². The summed E-state index contributed by atoms with van der Waals surface area (Å²) in [4.78, 5) is 43.3.